The highest BCUT2D eigenvalue weighted by Crippen LogP contribution is 2.33. The predicted molar refractivity (Wildman–Crippen MR) is 148 cm³/mol. The van der Waals surface area contributed by atoms with Crippen molar-refractivity contribution in [1.82, 2.24) is 14.5 Å². The largest absolute Gasteiger partial charge is 0.486 e. The van der Waals surface area contributed by atoms with Gasteiger partial charge in [-0.2, -0.15) is 0 Å². The first-order valence-electron chi connectivity index (χ1n) is 13.5. The van der Waals surface area contributed by atoms with Crippen LogP contribution in [-0.2, 0) is 13.2 Å². The molecule has 0 saturated heterocycles. The van der Waals surface area contributed by atoms with Gasteiger partial charge in [0.05, 0.1) is 16.6 Å². The number of rotatable bonds is 10. The second-order valence-electron chi connectivity index (χ2n) is 10.1. The molecule has 0 aliphatic heterocycles. The van der Waals surface area contributed by atoms with Crippen molar-refractivity contribution < 1.29 is 14.6 Å². The lowest BCUT2D eigenvalue weighted by Crippen LogP contribution is -2.15. The van der Waals surface area contributed by atoms with Gasteiger partial charge in [0, 0.05) is 11.9 Å². The Labute approximate surface area is 222 Å². The molecule has 1 fully saturated rings. The first-order chi connectivity index (χ1) is 18.1. The number of imidazole rings is 1. The van der Waals surface area contributed by atoms with E-state index in [0.717, 1.165) is 41.4 Å². The molecule has 0 amide bonds. The molecule has 4 aromatic rings. The molecule has 1 N–H and O–H groups in total. The highest BCUT2D eigenvalue weighted by Gasteiger charge is 2.21. The maximum Gasteiger partial charge on any atom is 0.335 e. The molecule has 1 aliphatic carbocycles. The second kappa shape index (κ2) is 11.5. The molecule has 2 aromatic carbocycles. The number of hydrogen-bond donors (Lipinski definition) is 1. The summed E-state index contributed by atoms with van der Waals surface area (Å²) in [6.45, 7) is 5.82. The average Bonchev–Trinajstić information content (AvgIpc) is 3.53. The molecule has 0 bridgehead atoms. The number of carboxylic acid groups (broad SMARTS) is 1. The Bertz CT molecular complexity index is 1350. The van der Waals surface area contributed by atoms with Crippen molar-refractivity contribution in [2.45, 2.75) is 77.9 Å². The van der Waals surface area contributed by atoms with Gasteiger partial charge in [0.2, 0.25) is 0 Å². The predicted octanol–water partition coefficient (Wildman–Crippen LogP) is 7.92. The topological polar surface area (TPSA) is 77.2 Å². The van der Waals surface area contributed by atoms with E-state index in [-0.39, 0.29) is 5.56 Å². The van der Waals surface area contributed by atoms with Crippen LogP contribution in [-0.4, -0.2) is 25.6 Å². The van der Waals surface area contributed by atoms with Crippen LogP contribution in [0.4, 0.5) is 0 Å². The molecule has 7 heteroatoms. The summed E-state index contributed by atoms with van der Waals surface area (Å²) in [6.07, 6.45) is 8.80. The van der Waals surface area contributed by atoms with Crippen LogP contribution in [0.2, 0.25) is 0 Å². The molecular weight excluding hydrogens is 482 g/mol. The number of aromatic nitrogens is 3. The third-order valence-electron chi connectivity index (χ3n) is 7.64. The number of ether oxygens (including phenoxy) is 1. The monoisotopic (exact) mass is 517 g/mol. The van der Waals surface area contributed by atoms with Crippen LogP contribution in [0, 0.1) is 5.92 Å². The Morgan fingerprint density at radius 2 is 1.84 bits per heavy atom. The number of carbonyl (C=O) groups is 1. The molecule has 5 rings (SSSR count). The minimum Gasteiger partial charge on any atom is -0.486 e. The number of hydrogen-bond acceptors (Lipinski definition) is 5. The van der Waals surface area contributed by atoms with Gasteiger partial charge in [-0.3, -0.25) is 0 Å². The highest BCUT2D eigenvalue weighted by atomic mass is 32.1. The Morgan fingerprint density at radius 1 is 1.08 bits per heavy atom. The molecule has 0 spiro atoms. The number of nitrogens with zero attached hydrogens (tertiary/aromatic N) is 3. The lowest BCUT2D eigenvalue weighted by atomic mass is 9.89. The number of thiazole rings is 1. The zero-order valence-electron chi connectivity index (χ0n) is 21.7. The standard InChI is InChI=1S/C30H35N3O3S/c1-3-21(4-2)23-12-15-27-25(16-23)32-29(33(27)17-20-8-6-5-7-9-20)26-19-37-28(31-26)18-36-24-13-10-22(11-14-24)30(34)35/h10-16,19-21H,3-9,17-18H2,1-2H3,(H,34,35). The zero-order valence-corrected chi connectivity index (χ0v) is 22.5. The molecule has 2 heterocycles. The Balaban J connectivity index is 1.42. The van der Waals surface area contributed by atoms with Crippen molar-refractivity contribution >= 4 is 28.3 Å². The van der Waals surface area contributed by atoms with E-state index < -0.39 is 5.97 Å². The second-order valence-corrected chi connectivity index (χ2v) is 11.0. The molecule has 0 atom stereocenters. The summed E-state index contributed by atoms with van der Waals surface area (Å²) in [5, 5.41) is 12.0. The van der Waals surface area contributed by atoms with Crippen molar-refractivity contribution in [2.75, 3.05) is 0 Å². The minimum atomic E-state index is -0.945. The van der Waals surface area contributed by atoms with Crippen molar-refractivity contribution in [3.8, 4) is 17.3 Å². The highest BCUT2D eigenvalue weighted by molar-refractivity contribution is 7.09. The van der Waals surface area contributed by atoms with E-state index in [1.807, 2.05) is 0 Å². The summed E-state index contributed by atoms with van der Waals surface area (Å²) in [5.41, 5.74) is 4.75. The molecular formula is C30H35N3O3S. The van der Waals surface area contributed by atoms with Gasteiger partial charge in [-0.15, -0.1) is 11.3 Å². The van der Waals surface area contributed by atoms with Crippen LogP contribution in [0.3, 0.4) is 0 Å². The summed E-state index contributed by atoms with van der Waals surface area (Å²) < 4.78 is 8.28. The quantitative estimate of drug-likeness (QED) is 0.231. The molecule has 1 aliphatic rings. The van der Waals surface area contributed by atoms with E-state index >= 15 is 0 Å². The van der Waals surface area contributed by atoms with E-state index in [0.29, 0.717) is 24.2 Å². The van der Waals surface area contributed by atoms with Crippen LogP contribution >= 0.6 is 11.3 Å². The molecule has 37 heavy (non-hydrogen) atoms. The number of fused-ring (bicyclic) bond motifs is 1. The van der Waals surface area contributed by atoms with Gasteiger partial charge >= 0.3 is 5.97 Å². The maximum absolute atomic E-state index is 11.1. The fourth-order valence-electron chi connectivity index (χ4n) is 5.49. The van der Waals surface area contributed by atoms with Crippen molar-refractivity contribution in [3.63, 3.8) is 0 Å². The fourth-order valence-corrected chi connectivity index (χ4v) is 6.17. The summed E-state index contributed by atoms with van der Waals surface area (Å²) >= 11 is 1.57. The first kappa shape index (κ1) is 25.5. The summed E-state index contributed by atoms with van der Waals surface area (Å²) in [6, 6.07) is 13.3. The van der Waals surface area contributed by atoms with Crippen molar-refractivity contribution in [2.24, 2.45) is 5.92 Å². The molecule has 2 aromatic heterocycles. The number of carboxylic acids is 1. The molecule has 1 saturated carbocycles. The zero-order chi connectivity index (χ0) is 25.8. The lowest BCUT2D eigenvalue weighted by molar-refractivity contribution is 0.0697. The SMILES string of the molecule is CCC(CC)c1ccc2c(c1)nc(-c1csc(COc3ccc(C(=O)O)cc3)n1)n2CC1CCCCC1. The van der Waals surface area contributed by atoms with Crippen LogP contribution < -0.4 is 4.74 Å². The summed E-state index contributed by atoms with van der Waals surface area (Å²) in [4.78, 5) is 21.1. The van der Waals surface area contributed by atoms with Gasteiger partial charge in [-0.25, -0.2) is 14.8 Å². The normalized spacial score (nSPS) is 14.5. The number of benzene rings is 2. The third kappa shape index (κ3) is 5.72. The smallest absolute Gasteiger partial charge is 0.335 e. The van der Waals surface area contributed by atoms with E-state index in [1.165, 1.54) is 43.2 Å². The summed E-state index contributed by atoms with van der Waals surface area (Å²) in [7, 11) is 0. The van der Waals surface area contributed by atoms with Gasteiger partial charge in [0.15, 0.2) is 5.82 Å². The number of aromatic carboxylic acids is 1. The molecule has 194 valence electrons. The first-order valence-corrected chi connectivity index (χ1v) is 14.3. The minimum absolute atomic E-state index is 0.244. The lowest BCUT2D eigenvalue weighted by Gasteiger charge is -2.23. The average molecular weight is 518 g/mol. The van der Waals surface area contributed by atoms with Crippen LogP contribution in [0.1, 0.15) is 85.6 Å². The van der Waals surface area contributed by atoms with E-state index in [4.69, 9.17) is 19.8 Å². The maximum atomic E-state index is 11.1. The van der Waals surface area contributed by atoms with E-state index in [9.17, 15) is 4.79 Å². The Morgan fingerprint density at radius 3 is 2.54 bits per heavy atom. The van der Waals surface area contributed by atoms with Gasteiger partial charge in [-0.05, 0) is 79.5 Å². The van der Waals surface area contributed by atoms with Gasteiger partial charge in [0.1, 0.15) is 23.1 Å². The van der Waals surface area contributed by atoms with Gasteiger partial charge < -0.3 is 14.4 Å². The van der Waals surface area contributed by atoms with Crippen LogP contribution in [0.15, 0.2) is 47.8 Å². The van der Waals surface area contributed by atoms with E-state index in [1.54, 1.807) is 35.6 Å². The van der Waals surface area contributed by atoms with E-state index in [2.05, 4.69) is 42.0 Å². The Kier molecular flexibility index (Phi) is 7.89. The van der Waals surface area contributed by atoms with Crippen LogP contribution in [0.5, 0.6) is 5.75 Å². The molecule has 0 radical (unpaired) electrons. The van der Waals surface area contributed by atoms with Crippen molar-refractivity contribution in [3.05, 3.63) is 64.0 Å². The fraction of sp³-hybridized carbons (Fsp3) is 0.433. The Hall–Kier alpha value is -3.19. The third-order valence-corrected chi connectivity index (χ3v) is 8.46. The van der Waals surface area contributed by atoms with Crippen LogP contribution in [0.25, 0.3) is 22.6 Å². The van der Waals surface area contributed by atoms with Gasteiger partial charge in [0.25, 0.3) is 0 Å². The van der Waals surface area contributed by atoms with Gasteiger partial charge in [-0.1, -0.05) is 39.2 Å². The summed E-state index contributed by atoms with van der Waals surface area (Å²) in [5.74, 6) is 1.86. The van der Waals surface area contributed by atoms with Crippen molar-refractivity contribution in [1.29, 1.82) is 0 Å². The molecule has 6 nitrogen and oxygen atoms in total. The molecule has 0 unspecified atom stereocenters.